The van der Waals surface area contributed by atoms with Crippen LogP contribution in [0.15, 0.2) is 41.4 Å². The third kappa shape index (κ3) is 3.43. The van der Waals surface area contributed by atoms with E-state index < -0.39 is 0 Å². The van der Waals surface area contributed by atoms with Crippen molar-refractivity contribution in [2.24, 2.45) is 5.92 Å². The van der Waals surface area contributed by atoms with Crippen LogP contribution in [-0.2, 0) is 6.42 Å². The average molecular weight is 351 g/mol. The van der Waals surface area contributed by atoms with E-state index in [1.54, 1.807) is 0 Å². The van der Waals surface area contributed by atoms with Gasteiger partial charge in [-0.05, 0) is 24.0 Å². The highest BCUT2D eigenvalue weighted by atomic mass is 127. The number of halogens is 2. The van der Waals surface area contributed by atoms with Gasteiger partial charge in [-0.2, -0.15) is 0 Å². The predicted molar refractivity (Wildman–Crippen MR) is 70.4 cm³/mol. The van der Waals surface area contributed by atoms with Gasteiger partial charge in [-0.25, -0.2) is 0 Å². The van der Waals surface area contributed by atoms with Gasteiger partial charge < -0.3 is 0 Å². The zero-order valence-corrected chi connectivity index (χ0v) is 11.1. The lowest BCUT2D eigenvalue weighted by Gasteiger charge is -2.09. The quantitative estimate of drug-likeness (QED) is 0.433. The lowest BCUT2D eigenvalue weighted by Crippen LogP contribution is -2.02. The largest absolute Gasteiger partial charge is 0.103 e. The summed E-state index contributed by atoms with van der Waals surface area (Å²) in [5.41, 5.74) is 1.36. The van der Waals surface area contributed by atoms with Crippen molar-refractivity contribution in [1.82, 2.24) is 0 Å². The van der Waals surface area contributed by atoms with Crippen LogP contribution in [0.4, 0.5) is 0 Å². The average Bonchev–Trinajstić information content (AvgIpc) is 2.17. The van der Waals surface area contributed by atoms with Crippen LogP contribution >= 0.6 is 38.5 Å². The molecule has 0 saturated carbocycles. The van der Waals surface area contributed by atoms with Crippen molar-refractivity contribution in [3.8, 4) is 0 Å². The van der Waals surface area contributed by atoms with E-state index in [1.165, 1.54) is 10.0 Å². The van der Waals surface area contributed by atoms with Gasteiger partial charge in [0.1, 0.15) is 0 Å². The molecule has 0 amide bonds. The second-order valence-corrected chi connectivity index (χ2v) is 4.68. The van der Waals surface area contributed by atoms with Crippen LogP contribution in [-0.4, -0.2) is 4.43 Å². The van der Waals surface area contributed by atoms with Crippen LogP contribution in [0.25, 0.3) is 0 Å². The summed E-state index contributed by atoms with van der Waals surface area (Å²) in [6.07, 6.45) is 3.11. The highest BCUT2D eigenvalue weighted by molar-refractivity contribution is 14.1. The fourth-order valence-electron chi connectivity index (χ4n) is 1.15. The number of hydrogen-bond acceptors (Lipinski definition) is 0. The Bertz CT molecular complexity index is 283. The first-order valence-corrected chi connectivity index (χ1v) is 6.51. The molecular weight excluding hydrogens is 339 g/mol. The summed E-state index contributed by atoms with van der Waals surface area (Å²) in [5.74, 6) is 0.583. The maximum absolute atomic E-state index is 3.84. The summed E-state index contributed by atoms with van der Waals surface area (Å²) in [6.45, 7) is 3.84. The number of hydrogen-bond donors (Lipinski definition) is 0. The van der Waals surface area contributed by atoms with E-state index in [0.717, 1.165) is 10.8 Å². The van der Waals surface area contributed by atoms with Crippen LogP contribution < -0.4 is 0 Å². The molecule has 0 N–H and O–H groups in total. The molecule has 1 atom stereocenters. The Labute approximate surface area is 102 Å². The summed E-state index contributed by atoms with van der Waals surface area (Å²) in [4.78, 5) is 0. The third-order valence-corrected chi connectivity index (χ3v) is 3.88. The molecular formula is C11H12BrI. The van der Waals surface area contributed by atoms with Crippen LogP contribution in [0.1, 0.15) is 5.56 Å². The van der Waals surface area contributed by atoms with Crippen LogP contribution in [0.2, 0.25) is 0 Å². The Balaban J connectivity index is 2.73. The second-order valence-electron chi connectivity index (χ2n) is 2.95. The Hall–Kier alpha value is 0.170. The molecule has 0 bridgehead atoms. The van der Waals surface area contributed by atoms with E-state index in [4.69, 9.17) is 0 Å². The number of benzene rings is 1. The van der Waals surface area contributed by atoms with E-state index in [1.807, 2.05) is 12.1 Å². The molecule has 2 heteroatoms. The first-order chi connectivity index (χ1) is 6.27. The van der Waals surface area contributed by atoms with Gasteiger partial charge in [-0.1, -0.05) is 62.8 Å². The summed E-state index contributed by atoms with van der Waals surface area (Å²) in [7, 11) is 0. The van der Waals surface area contributed by atoms with Gasteiger partial charge in [0.05, 0.1) is 0 Å². The zero-order valence-electron chi connectivity index (χ0n) is 7.34. The molecule has 0 spiro atoms. The molecule has 1 aromatic carbocycles. The number of alkyl halides is 1. The minimum Gasteiger partial charge on any atom is -0.103 e. The Morgan fingerprint density at radius 2 is 2.15 bits per heavy atom. The smallest absolute Gasteiger partial charge is 0.0207 e. The van der Waals surface area contributed by atoms with Crippen LogP contribution in [0, 0.1) is 5.92 Å². The second kappa shape index (κ2) is 5.81. The van der Waals surface area contributed by atoms with Crippen LogP contribution in [0.3, 0.4) is 0 Å². The van der Waals surface area contributed by atoms with E-state index in [-0.39, 0.29) is 0 Å². The lowest BCUT2D eigenvalue weighted by molar-refractivity contribution is 0.746. The van der Waals surface area contributed by atoms with Gasteiger partial charge in [-0.3, -0.25) is 0 Å². The van der Waals surface area contributed by atoms with Gasteiger partial charge >= 0.3 is 0 Å². The van der Waals surface area contributed by atoms with Gasteiger partial charge in [0, 0.05) is 8.90 Å². The minimum atomic E-state index is 0.583. The van der Waals surface area contributed by atoms with Gasteiger partial charge in [0.15, 0.2) is 0 Å². The molecule has 0 aliphatic heterocycles. The minimum absolute atomic E-state index is 0.583. The Kier molecular flexibility index (Phi) is 5.02. The first kappa shape index (κ1) is 11.2. The van der Waals surface area contributed by atoms with Crippen molar-refractivity contribution in [3.05, 3.63) is 47.0 Å². The normalized spacial score (nSPS) is 12.5. The molecule has 1 rings (SSSR count). The predicted octanol–water partition coefficient (Wildman–Crippen LogP) is 4.23. The zero-order chi connectivity index (χ0) is 9.68. The van der Waals surface area contributed by atoms with Crippen LogP contribution in [0.5, 0.6) is 0 Å². The molecule has 70 valence electrons. The van der Waals surface area contributed by atoms with E-state index in [9.17, 15) is 0 Å². The summed E-state index contributed by atoms with van der Waals surface area (Å²) in [6, 6.07) is 8.36. The molecule has 0 nitrogen and oxygen atoms in total. The summed E-state index contributed by atoms with van der Waals surface area (Å²) >= 11 is 5.95. The van der Waals surface area contributed by atoms with Crippen molar-refractivity contribution >= 4 is 38.5 Å². The van der Waals surface area contributed by atoms with Crippen molar-refractivity contribution in [1.29, 1.82) is 0 Å². The molecule has 0 saturated heterocycles. The highest BCUT2D eigenvalue weighted by Crippen LogP contribution is 2.20. The van der Waals surface area contributed by atoms with Crippen molar-refractivity contribution in [3.63, 3.8) is 0 Å². The van der Waals surface area contributed by atoms with E-state index in [2.05, 4.69) is 63.3 Å². The standard InChI is InChI=1S/C11H12BrI/c1-2-9(8-13)7-10-5-3-4-6-11(10)12/h2-6,9H,1,7-8H2. The molecule has 0 aliphatic rings. The molecule has 1 aromatic rings. The summed E-state index contributed by atoms with van der Waals surface area (Å²) < 4.78 is 2.33. The SMILES string of the molecule is C=CC(CI)Cc1ccccc1Br. The number of allylic oxidation sites excluding steroid dienone is 1. The topological polar surface area (TPSA) is 0 Å². The first-order valence-electron chi connectivity index (χ1n) is 4.20. The summed E-state index contributed by atoms with van der Waals surface area (Å²) in [5, 5.41) is 0. The van der Waals surface area contributed by atoms with E-state index >= 15 is 0 Å². The van der Waals surface area contributed by atoms with Crippen molar-refractivity contribution in [2.45, 2.75) is 6.42 Å². The Morgan fingerprint density at radius 3 is 2.69 bits per heavy atom. The monoisotopic (exact) mass is 350 g/mol. The fraction of sp³-hybridized carbons (Fsp3) is 0.273. The number of rotatable bonds is 4. The van der Waals surface area contributed by atoms with Crippen molar-refractivity contribution < 1.29 is 0 Å². The van der Waals surface area contributed by atoms with Gasteiger partial charge in [0.25, 0.3) is 0 Å². The maximum atomic E-state index is 3.84. The highest BCUT2D eigenvalue weighted by Gasteiger charge is 2.05. The molecule has 13 heavy (non-hydrogen) atoms. The maximum Gasteiger partial charge on any atom is 0.0207 e. The molecule has 0 radical (unpaired) electrons. The van der Waals surface area contributed by atoms with Crippen molar-refractivity contribution in [2.75, 3.05) is 4.43 Å². The fourth-order valence-corrected chi connectivity index (χ4v) is 2.26. The van der Waals surface area contributed by atoms with Gasteiger partial charge in [0.2, 0.25) is 0 Å². The lowest BCUT2D eigenvalue weighted by atomic mass is 10.0. The Morgan fingerprint density at radius 1 is 1.46 bits per heavy atom. The van der Waals surface area contributed by atoms with E-state index in [0.29, 0.717) is 5.92 Å². The molecule has 0 heterocycles. The third-order valence-electron chi connectivity index (χ3n) is 1.97. The molecule has 0 aliphatic carbocycles. The molecule has 1 unspecified atom stereocenters. The molecule has 0 aromatic heterocycles. The van der Waals surface area contributed by atoms with Gasteiger partial charge in [-0.15, -0.1) is 6.58 Å². The molecule has 0 fully saturated rings.